The number of benzene rings is 1. The predicted octanol–water partition coefficient (Wildman–Crippen LogP) is 5.28. The lowest BCUT2D eigenvalue weighted by molar-refractivity contribution is -0.137. The number of nitrogens with two attached hydrogens (primary N) is 1. The number of nitrogens with zero attached hydrogens (tertiary/aromatic N) is 3. The number of aromatic nitrogens is 2. The second-order valence-electron chi connectivity index (χ2n) is 9.73. The lowest BCUT2D eigenvalue weighted by Crippen LogP contribution is -2.44. The van der Waals surface area contributed by atoms with Gasteiger partial charge in [-0.1, -0.05) is 0 Å². The van der Waals surface area contributed by atoms with E-state index in [-0.39, 0.29) is 30.5 Å². The highest BCUT2D eigenvalue weighted by Crippen LogP contribution is 2.38. The molecule has 2 N–H and O–H groups in total. The van der Waals surface area contributed by atoms with E-state index < -0.39 is 11.7 Å². The number of ether oxygens (including phenoxy) is 2. The third-order valence-electron chi connectivity index (χ3n) is 7.48. The Labute approximate surface area is 212 Å². The number of nitrogen functional groups attached to an aromatic ring is 1. The van der Waals surface area contributed by atoms with Crippen LogP contribution in [-0.4, -0.2) is 40.0 Å². The SMILES string of the molecule is C[C@H](C1CCOCC1)N(Cc1ccc(C(F)(F)F)cn1)C(=O)c1ccc2nc(N)c3c(c2c1)CO[C@@H]3C. The van der Waals surface area contributed by atoms with Crippen LogP contribution in [-0.2, 0) is 28.8 Å². The summed E-state index contributed by atoms with van der Waals surface area (Å²) < 4.78 is 50.4. The van der Waals surface area contributed by atoms with E-state index in [1.807, 2.05) is 19.9 Å². The quantitative estimate of drug-likeness (QED) is 0.498. The van der Waals surface area contributed by atoms with Gasteiger partial charge in [0, 0.05) is 42.0 Å². The van der Waals surface area contributed by atoms with E-state index in [4.69, 9.17) is 15.2 Å². The predicted molar refractivity (Wildman–Crippen MR) is 131 cm³/mol. The summed E-state index contributed by atoms with van der Waals surface area (Å²) in [6, 6.07) is 7.46. The van der Waals surface area contributed by atoms with Gasteiger partial charge in [0.05, 0.1) is 36.0 Å². The van der Waals surface area contributed by atoms with Gasteiger partial charge in [-0.3, -0.25) is 9.78 Å². The minimum Gasteiger partial charge on any atom is -0.383 e. The number of hydrogen-bond donors (Lipinski definition) is 1. The number of pyridine rings is 2. The van der Waals surface area contributed by atoms with Gasteiger partial charge in [0.25, 0.3) is 5.91 Å². The molecule has 37 heavy (non-hydrogen) atoms. The van der Waals surface area contributed by atoms with E-state index in [1.54, 1.807) is 17.0 Å². The Balaban J connectivity index is 1.50. The first-order chi connectivity index (χ1) is 17.6. The van der Waals surface area contributed by atoms with Gasteiger partial charge >= 0.3 is 6.18 Å². The molecule has 2 aliphatic heterocycles. The molecule has 0 unspecified atom stereocenters. The summed E-state index contributed by atoms with van der Waals surface area (Å²) in [5.41, 5.74) is 8.65. The van der Waals surface area contributed by atoms with Gasteiger partial charge in [-0.2, -0.15) is 13.2 Å². The third kappa shape index (κ3) is 5.00. The van der Waals surface area contributed by atoms with Crippen molar-refractivity contribution < 1.29 is 27.4 Å². The van der Waals surface area contributed by atoms with Gasteiger partial charge in [-0.05, 0) is 68.5 Å². The average Bonchev–Trinajstić information content (AvgIpc) is 3.29. The molecule has 2 atom stereocenters. The zero-order chi connectivity index (χ0) is 26.3. The molecule has 0 saturated carbocycles. The Hall–Kier alpha value is -3.24. The molecule has 7 nitrogen and oxygen atoms in total. The summed E-state index contributed by atoms with van der Waals surface area (Å²) in [4.78, 5) is 24.2. The van der Waals surface area contributed by atoms with E-state index in [2.05, 4.69) is 9.97 Å². The highest BCUT2D eigenvalue weighted by molar-refractivity contribution is 5.99. The molecule has 3 aromatic rings. The van der Waals surface area contributed by atoms with Gasteiger partial charge in [0.2, 0.25) is 0 Å². The van der Waals surface area contributed by atoms with Crippen LogP contribution in [0.3, 0.4) is 0 Å². The van der Waals surface area contributed by atoms with Crippen molar-refractivity contribution in [2.75, 3.05) is 18.9 Å². The van der Waals surface area contributed by atoms with Crippen LogP contribution in [0.1, 0.15) is 65.5 Å². The van der Waals surface area contributed by atoms with Crippen LogP contribution < -0.4 is 5.73 Å². The lowest BCUT2D eigenvalue weighted by Gasteiger charge is -2.36. The molecular weight excluding hydrogens is 485 g/mol. The van der Waals surface area contributed by atoms with Crippen molar-refractivity contribution >= 4 is 22.6 Å². The second kappa shape index (κ2) is 9.90. The Morgan fingerprint density at radius 1 is 1.22 bits per heavy atom. The fraction of sp³-hybridized carbons (Fsp3) is 0.444. The molecule has 0 spiro atoms. The molecule has 5 rings (SSSR count). The van der Waals surface area contributed by atoms with Gasteiger partial charge < -0.3 is 20.1 Å². The van der Waals surface area contributed by atoms with Crippen LogP contribution in [0, 0.1) is 5.92 Å². The van der Waals surface area contributed by atoms with Crippen molar-refractivity contribution in [2.45, 2.75) is 58.2 Å². The largest absolute Gasteiger partial charge is 0.417 e. The minimum atomic E-state index is -4.47. The van der Waals surface area contributed by atoms with Crippen LogP contribution in [0.5, 0.6) is 0 Å². The maximum Gasteiger partial charge on any atom is 0.417 e. The number of rotatable bonds is 5. The Bertz CT molecular complexity index is 1310. The van der Waals surface area contributed by atoms with Crippen LogP contribution in [0.15, 0.2) is 36.5 Å². The molecule has 196 valence electrons. The molecule has 4 heterocycles. The summed E-state index contributed by atoms with van der Waals surface area (Å²) in [6.07, 6.45) is -2.24. The molecule has 1 fully saturated rings. The molecule has 1 saturated heterocycles. The van der Waals surface area contributed by atoms with Gasteiger partial charge in [-0.25, -0.2) is 4.98 Å². The molecule has 0 radical (unpaired) electrons. The molecular formula is C27H29F3N4O3. The Kier molecular flexibility index (Phi) is 6.80. The van der Waals surface area contributed by atoms with Crippen LogP contribution in [0.25, 0.3) is 10.9 Å². The molecule has 1 amide bonds. The normalized spacial score (nSPS) is 19.1. The number of amides is 1. The second-order valence-corrected chi connectivity index (χ2v) is 9.73. The van der Waals surface area contributed by atoms with E-state index in [0.717, 1.165) is 41.6 Å². The van der Waals surface area contributed by atoms with Crippen molar-refractivity contribution in [3.8, 4) is 0 Å². The lowest BCUT2D eigenvalue weighted by atomic mass is 9.91. The summed E-state index contributed by atoms with van der Waals surface area (Å²) in [5.74, 6) is 0.405. The fourth-order valence-electron chi connectivity index (χ4n) is 5.28. The summed E-state index contributed by atoms with van der Waals surface area (Å²) in [7, 11) is 0. The summed E-state index contributed by atoms with van der Waals surface area (Å²) >= 11 is 0. The number of halogens is 3. The van der Waals surface area contributed by atoms with E-state index >= 15 is 0 Å². The maximum absolute atomic E-state index is 13.9. The van der Waals surface area contributed by atoms with Crippen molar-refractivity contribution in [3.63, 3.8) is 0 Å². The number of hydrogen-bond acceptors (Lipinski definition) is 6. The molecule has 0 bridgehead atoms. The van der Waals surface area contributed by atoms with Crippen LogP contribution >= 0.6 is 0 Å². The first-order valence-electron chi connectivity index (χ1n) is 12.4. The number of fused-ring (bicyclic) bond motifs is 3. The first kappa shape index (κ1) is 25.4. The zero-order valence-electron chi connectivity index (χ0n) is 20.7. The number of carbonyl (C=O) groups is 1. The molecule has 10 heteroatoms. The molecule has 1 aromatic carbocycles. The fourth-order valence-corrected chi connectivity index (χ4v) is 5.28. The van der Waals surface area contributed by atoms with Crippen molar-refractivity contribution in [3.05, 3.63) is 64.5 Å². The zero-order valence-corrected chi connectivity index (χ0v) is 20.7. The number of carbonyl (C=O) groups excluding carboxylic acids is 1. The Morgan fingerprint density at radius 2 is 1.97 bits per heavy atom. The highest BCUT2D eigenvalue weighted by atomic mass is 19.4. The molecule has 2 aromatic heterocycles. The van der Waals surface area contributed by atoms with Gasteiger partial charge in [0.15, 0.2) is 0 Å². The maximum atomic E-state index is 13.9. The van der Waals surface area contributed by atoms with Crippen molar-refractivity contribution in [1.82, 2.24) is 14.9 Å². The van der Waals surface area contributed by atoms with E-state index in [9.17, 15) is 18.0 Å². The van der Waals surface area contributed by atoms with Gasteiger partial charge in [0.1, 0.15) is 5.82 Å². The number of alkyl halides is 3. The van der Waals surface area contributed by atoms with Crippen LogP contribution in [0.4, 0.5) is 19.0 Å². The van der Waals surface area contributed by atoms with E-state index in [0.29, 0.717) is 42.4 Å². The smallest absolute Gasteiger partial charge is 0.383 e. The summed E-state index contributed by atoms with van der Waals surface area (Å²) in [5, 5.41) is 0.811. The third-order valence-corrected chi connectivity index (χ3v) is 7.48. The Morgan fingerprint density at radius 3 is 2.65 bits per heavy atom. The standard InChI is InChI=1S/C27H29F3N4O3/c1-15(17-7-9-36-10-8-17)34(13-20-5-4-19(12-32-20)27(28,29)30)26(35)18-3-6-23-21(11-18)22-14-37-16(2)24(22)25(31)33-23/h3-6,11-12,15-17H,7-10,13-14H2,1-2H3,(H2,31,33)/t15-,16-/m1/s1. The number of anilines is 1. The van der Waals surface area contributed by atoms with Crippen molar-refractivity contribution in [2.24, 2.45) is 5.92 Å². The summed E-state index contributed by atoms with van der Waals surface area (Å²) in [6.45, 7) is 5.60. The van der Waals surface area contributed by atoms with Crippen molar-refractivity contribution in [1.29, 1.82) is 0 Å². The first-order valence-corrected chi connectivity index (χ1v) is 12.4. The topological polar surface area (TPSA) is 90.6 Å². The molecule has 2 aliphatic rings. The average molecular weight is 515 g/mol. The minimum absolute atomic E-state index is 0.0891. The monoisotopic (exact) mass is 514 g/mol. The molecule has 0 aliphatic carbocycles. The van der Waals surface area contributed by atoms with E-state index in [1.165, 1.54) is 6.07 Å². The van der Waals surface area contributed by atoms with Gasteiger partial charge in [-0.15, -0.1) is 0 Å². The highest BCUT2D eigenvalue weighted by Gasteiger charge is 2.33. The van der Waals surface area contributed by atoms with Crippen LogP contribution in [0.2, 0.25) is 0 Å².